The molecule has 1 aliphatic rings. The second-order valence-corrected chi connectivity index (χ2v) is 4.85. The van der Waals surface area contributed by atoms with E-state index in [1.807, 2.05) is 18.2 Å². The van der Waals surface area contributed by atoms with Crippen molar-refractivity contribution < 1.29 is 19.7 Å². The molecule has 4 heteroatoms. The van der Waals surface area contributed by atoms with Crippen molar-refractivity contribution in [2.75, 3.05) is 6.79 Å². The van der Waals surface area contributed by atoms with Crippen LogP contribution in [0.5, 0.6) is 23.0 Å². The number of hydrogen-bond acceptors (Lipinski definition) is 4. The van der Waals surface area contributed by atoms with Gasteiger partial charge in [0, 0.05) is 6.07 Å². The predicted molar refractivity (Wildman–Crippen MR) is 74.4 cm³/mol. The van der Waals surface area contributed by atoms with Crippen molar-refractivity contribution in [2.45, 2.75) is 19.3 Å². The molecule has 0 amide bonds. The monoisotopic (exact) mass is 272 g/mol. The van der Waals surface area contributed by atoms with E-state index in [-0.39, 0.29) is 11.5 Å². The summed E-state index contributed by atoms with van der Waals surface area (Å²) in [5.41, 5.74) is 2.04. The molecule has 0 spiro atoms. The highest BCUT2D eigenvalue weighted by Crippen LogP contribution is 2.33. The van der Waals surface area contributed by atoms with E-state index in [1.165, 1.54) is 11.6 Å². The first-order valence-electron chi connectivity index (χ1n) is 6.62. The normalized spacial score (nSPS) is 12.6. The molecule has 0 radical (unpaired) electrons. The van der Waals surface area contributed by atoms with E-state index in [4.69, 9.17) is 9.47 Å². The van der Waals surface area contributed by atoms with Gasteiger partial charge in [-0.25, -0.2) is 0 Å². The zero-order chi connectivity index (χ0) is 13.9. The quantitative estimate of drug-likeness (QED) is 0.898. The Bertz CT molecular complexity index is 622. The SMILES string of the molecule is Oc1ccc(CCCc2ccc3c(c2)OCO3)c(O)c1. The van der Waals surface area contributed by atoms with Gasteiger partial charge in [0.2, 0.25) is 6.79 Å². The fourth-order valence-electron chi connectivity index (χ4n) is 2.34. The van der Waals surface area contributed by atoms with Gasteiger partial charge in [-0.3, -0.25) is 0 Å². The Balaban J connectivity index is 1.60. The molecule has 0 saturated carbocycles. The lowest BCUT2D eigenvalue weighted by Gasteiger charge is -2.06. The number of benzene rings is 2. The molecule has 4 nitrogen and oxygen atoms in total. The Labute approximate surface area is 117 Å². The maximum Gasteiger partial charge on any atom is 0.231 e. The number of aryl methyl sites for hydroxylation is 2. The number of rotatable bonds is 4. The second-order valence-electron chi connectivity index (χ2n) is 4.85. The van der Waals surface area contributed by atoms with Gasteiger partial charge in [0.1, 0.15) is 11.5 Å². The van der Waals surface area contributed by atoms with Gasteiger partial charge in [0.25, 0.3) is 0 Å². The van der Waals surface area contributed by atoms with Crippen LogP contribution in [0.4, 0.5) is 0 Å². The highest BCUT2D eigenvalue weighted by atomic mass is 16.7. The molecular formula is C16H16O4. The van der Waals surface area contributed by atoms with Crippen molar-refractivity contribution in [3.63, 3.8) is 0 Å². The number of fused-ring (bicyclic) bond motifs is 1. The van der Waals surface area contributed by atoms with Crippen LogP contribution in [0.15, 0.2) is 36.4 Å². The van der Waals surface area contributed by atoms with E-state index in [2.05, 4.69) is 0 Å². The fourth-order valence-corrected chi connectivity index (χ4v) is 2.34. The van der Waals surface area contributed by atoms with Crippen LogP contribution in [0.25, 0.3) is 0 Å². The predicted octanol–water partition coefficient (Wildman–Crippen LogP) is 3.00. The average Bonchev–Trinajstić information content (AvgIpc) is 2.89. The first kappa shape index (κ1) is 12.7. The molecular weight excluding hydrogens is 256 g/mol. The minimum atomic E-state index is 0.0852. The molecule has 3 rings (SSSR count). The zero-order valence-electron chi connectivity index (χ0n) is 11.0. The number of aromatic hydroxyl groups is 2. The van der Waals surface area contributed by atoms with Crippen LogP contribution in [0, 0.1) is 0 Å². The Morgan fingerprint density at radius 3 is 2.60 bits per heavy atom. The van der Waals surface area contributed by atoms with Crippen molar-refractivity contribution >= 4 is 0 Å². The van der Waals surface area contributed by atoms with Crippen molar-refractivity contribution in [2.24, 2.45) is 0 Å². The maximum absolute atomic E-state index is 9.72. The van der Waals surface area contributed by atoms with E-state index < -0.39 is 0 Å². The van der Waals surface area contributed by atoms with Gasteiger partial charge in [-0.1, -0.05) is 12.1 Å². The van der Waals surface area contributed by atoms with Gasteiger partial charge in [-0.15, -0.1) is 0 Å². The van der Waals surface area contributed by atoms with Gasteiger partial charge < -0.3 is 19.7 Å². The van der Waals surface area contributed by atoms with Crippen molar-refractivity contribution in [1.82, 2.24) is 0 Å². The zero-order valence-corrected chi connectivity index (χ0v) is 11.0. The third kappa shape index (κ3) is 2.64. The standard InChI is InChI=1S/C16H16O4/c17-13-6-5-12(14(18)9-13)3-1-2-11-4-7-15-16(8-11)20-10-19-15/h4-9,17-18H,1-3,10H2. The summed E-state index contributed by atoms with van der Waals surface area (Å²) in [6.07, 6.45) is 2.58. The first-order chi connectivity index (χ1) is 9.72. The van der Waals surface area contributed by atoms with Crippen LogP contribution >= 0.6 is 0 Å². The van der Waals surface area contributed by atoms with Crippen LogP contribution in [-0.2, 0) is 12.8 Å². The first-order valence-corrected chi connectivity index (χ1v) is 6.62. The number of phenols is 2. The minimum Gasteiger partial charge on any atom is -0.508 e. The van der Waals surface area contributed by atoms with Gasteiger partial charge in [-0.2, -0.15) is 0 Å². The van der Waals surface area contributed by atoms with E-state index in [1.54, 1.807) is 12.1 Å². The van der Waals surface area contributed by atoms with E-state index >= 15 is 0 Å². The summed E-state index contributed by atoms with van der Waals surface area (Å²) in [6, 6.07) is 10.7. The Morgan fingerprint density at radius 2 is 1.75 bits per heavy atom. The van der Waals surface area contributed by atoms with E-state index in [9.17, 15) is 10.2 Å². The second kappa shape index (κ2) is 5.33. The molecule has 0 bridgehead atoms. The third-order valence-corrected chi connectivity index (χ3v) is 3.42. The number of ether oxygens (including phenoxy) is 2. The number of hydrogen-bond donors (Lipinski definition) is 2. The summed E-state index contributed by atoms with van der Waals surface area (Å²) < 4.78 is 10.6. The lowest BCUT2D eigenvalue weighted by atomic mass is 10.0. The van der Waals surface area contributed by atoms with Crippen LogP contribution in [0.3, 0.4) is 0 Å². The van der Waals surface area contributed by atoms with Crippen molar-refractivity contribution in [3.8, 4) is 23.0 Å². The van der Waals surface area contributed by atoms with Crippen LogP contribution in [0.2, 0.25) is 0 Å². The van der Waals surface area contributed by atoms with Crippen molar-refractivity contribution in [3.05, 3.63) is 47.5 Å². The molecule has 104 valence electrons. The molecule has 2 N–H and O–H groups in total. The molecule has 1 heterocycles. The molecule has 0 fully saturated rings. The van der Waals surface area contributed by atoms with Gasteiger partial charge >= 0.3 is 0 Å². The summed E-state index contributed by atoms with van der Waals surface area (Å²) in [5, 5.41) is 19.0. The largest absolute Gasteiger partial charge is 0.508 e. The van der Waals surface area contributed by atoms with Crippen LogP contribution < -0.4 is 9.47 Å². The smallest absolute Gasteiger partial charge is 0.231 e. The highest BCUT2D eigenvalue weighted by molar-refractivity contribution is 5.44. The lowest BCUT2D eigenvalue weighted by Crippen LogP contribution is -1.93. The Hall–Kier alpha value is -2.36. The summed E-state index contributed by atoms with van der Waals surface area (Å²) in [6.45, 7) is 0.292. The summed E-state index contributed by atoms with van der Waals surface area (Å²) in [5.74, 6) is 1.83. The van der Waals surface area contributed by atoms with E-state index in [0.717, 1.165) is 36.3 Å². The molecule has 2 aromatic carbocycles. The summed E-state index contributed by atoms with van der Waals surface area (Å²) in [7, 11) is 0. The van der Waals surface area contributed by atoms with Gasteiger partial charge in [-0.05, 0) is 48.6 Å². The highest BCUT2D eigenvalue weighted by Gasteiger charge is 2.13. The van der Waals surface area contributed by atoms with Gasteiger partial charge in [0.15, 0.2) is 11.5 Å². The Kier molecular flexibility index (Phi) is 3.37. The molecule has 0 aromatic heterocycles. The minimum absolute atomic E-state index is 0.0852. The third-order valence-electron chi connectivity index (χ3n) is 3.42. The average molecular weight is 272 g/mol. The number of phenolic OH excluding ortho intramolecular Hbond substituents is 2. The molecule has 1 aliphatic heterocycles. The van der Waals surface area contributed by atoms with Crippen LogP contribution in [-0.4, -0.2) is 17.0 Å². The Morgan fingerprint density at radius 1 is 0.900 bits per heavy atom. The molecule has 2 aromatic rings. The molecule has 0 unspecified atom stereocenters. The maximum atomic E-state index is 9.72. The molecule has 0 saturated heterocycles. The fraction of sp³-hybridized carbons (Fsp3) is 0.250. The topological polar surface area (TPSA) is 58.9 Å². The summed E-state index contributed by atoms with van der Waals surface area (Å²) in [4.78, 5) is 0. The van der Waals surface area contributed by atoms with E-state index in [0.29, 0.717) is 6.79 Å². The van der Waals surface area contributed by atoms with Crippen LogP contribution in [0.1, 0.15) is 17.5 Å². The molecule has 0 aliphatic carbocycles. The van der Waals surface area contributed by atoms with Crippen molar-refractivity contribution in [1.29, 1.82) is 0 Å². The summed E-state index contributed by atoms with van der Waals surface area (Å²) >= 11 is 0. The van der Waals surface area contributed by atoms with Gasteiger partial charge in [0.05, 0.1) is 0 Å². The molecule has 20 heavy (non-hydrogen) atoms. The molecule has 0 atom stereocenters. The lowest BCUT2D eigenvalue weighted by molar-refractivity contribution is 0.174.